The van der Waals surface area contributed by atoms with Crippen LogP contribution in [0.5, 0.6) is 0 Å². The summed E-state index contributed by atoms with van der Waals surface area (Å²) in [5, 5.41) is 19.0. The molecule has 2 N–H and O–H groups in total. The van der Waals surface area contributed by atoms with E-state index in [2.05, 4.69) is 17.0 Å². The van der Waals surface area contributed by atoms with Gasteiger partial charge >= 0.3 is 5.97 Å². The van der Waals surface area contributed by atoms with E-state index in [0.29, 0.717) is 19.3 Å². The Morgan fingerprint density at radius 3 is 2.39 bits per heavy atom. The molecule has 0 amide bonds. The second-order valence-corrected chi connectivity index (χ2v) is 4.94. The van der Waals surface area contributed by atoms with Gasteiger partial charge in [0.2, 0.25) is 0 Å². The number of hydrogen-bond acceptors (Lipinski definition) is 3. The summed E-state index contributed by atoms with van der Waals surface area (Å²) in [6, 6.07) is 10.1. The number of anilines is 1. The number of para-hydroxylation sites is 1. The zero-order valence-electron chi connectivity index (χ0n) is 10.4. The maximum atomic E-state index is 10.5. The van der Waals surface area contributed by atoms with Crippen LogP contribution in [0.15, 0.2) is 30.3 Å². The molecule has 98 valence electrons. The Labute approximate surface area is 107 Å². The Balaban J connectivity index is 1.89. The van der Waals surface area contributed by atoms with Crippen molar-refractivity contribution in [1.29, 1.82) is 0 Å². The smallest absolute Gasteiger partial charge is 0.303 e. The number of nitrogens with zero attached hydrogens (tertiary/aromatic N) is 1. The van der Waals surface area contributed by atoms with Crippen molar-refractivity contribution in [2.75, 3.05) is 18.0 Å². The number of carboxylic acids is 1. The highest BCUT2D eigenvalue weighted by Crippen LogP contribution is 2.29. The van der Waals surface area contributed by atoms with Crippen molar-refractivity contribution in [3.05, 3.63) is 30.3 Å². The van der Waals surface area contributed by atoms with Crippen molar-refractivity contribution in [2.45, 2.75) is 31.3 Å². The highest BCUT2D eigenvalue weighted by atomic mass is 16.4. The van der Waals surface area contributed by atoms with Crippen LogP contribution in [-0.2, 0) is 4.79 Å². The fourth-order valence-corrected chi connectivity index (χ4v) is 2.41. The molecule has 1 heterocycles. The minimum absolute atomic E-state index is 0.0435. The molecule has 1 aliphatic heterocycles. The largest absolute Gasteiger partial charge is 0.481 e. The lowest BCUT2D eigenvalue weighted by Crippen LogP contribution is -2.44. The van der Waals surface area contributed by atoms with Gasteiger partial charge in [0.25, 0.3) is 0 Å². The third-order valence-electron chi connectivity index (χ3n) is 3.62. The lowest BCUT2D eigenvalue weighted by atomic mass is 9.87. The number of hydrogen-bond donors (Lipinski definition) is 2. The molecule has 1 aromatic carbocycles. The van der Waals surface area contributed by atoms with Gasteiger partial charge in [-0.3, -0.25) is 4.79 Å². The van der Waals surface area contributed by atoms with Gasteiger partial charge in [0.1, 0.15) is 0 Å². The molecule has 0 radical (unpaired) electrons. The van der Waals surface area contributed by atoms with E-state index in [0.717, 1.165) is 18.8 Å². The SMILES string of the molecule is O=C(O)CCC1(O)CCN(c2ccccc2)CC1. The van der Waals surface area contributed by atoms with Gasteiger partial charge in [0, 0.05) is 25.2 Å². The molecule has 0 unspecified atom stereocenters. The highest BCUT2D eigenvalue weighted by Gasteiger charge is 2.32. The molecular weight excluding hydrogens is 230 g/mol. The summed E-state index contributed by atoms with van der Waals surface area (Å²) in [6.07, 6.45) is 1.66. The monoisotopic (exact) mass is 249 g/mol. The molecule has 0 aliphatic carbocycles. The highest BCUT2D eigenvalue weighted by molar-refractivity contribution is 5.66. The zero-order valence-corrected chi connectivity index (χ0v) is 10.4. The van der Waals surface area contributed by atoms with Crippen LogP contribution < -0.4 is 4.90 Å². The summed E-state index contributed by atoms with van der Waals surface area (Å²) in [5.41, 5.74) is 0.363. The van der Waals surface area contributed by atoms with Crippen LogP contribution in [0, 0.1) is 0 Å². The van der Waals surface area contributed by atoms with Gasteiger partial charge in [0.15, 0.2) is 0 Å². The molecule has 4 nitrogen and oxygen atoms in total. The predicted molar refractivity (Wildman–Crippen MR) is 69.7 cm³/mol. The van der Waals surface area contributed by atoms with Gasteiger partial charge in [-0.15, -0.1) is 0 Å². The topological polar surface area (TPSA) is 60.8 Å². The van der Waals surface area contributed by atoms with E-state index in [-0.39, 0.29) is 6.42 Å². The van der Waals surface area contributed by atoms with Crippen molar-refractivity contribution < 1.29 is 15.0 Å². The fourth-order valence-electron chi connectivity index (χ4n) is 2.41. The first-order chi connectivity index (χ1) is 8.59. The molecule has 1 aliphatic rings. The predicted octanol–water partition coefficient (Wildman–Crippen LogP) is 1.88. The maximum absolute atomic E-state index is 10.5. The number of carbonyl (C=O) groups is 1. The summed E-state index contributed by atoms with van der Waals surface area (Å²) >= 11 is 0. The molecule has 0 spiro atoms. The third kappa shape index (κ3) is 3.23. The first kappa shape index (κ1) is 12.9. The van der Waals surface area contributed by atoms with Crippen molar-refractivity contribution in [3.63, 3.8) is 0 Å². The molecule has 4 heteroatoms. The molecule has 1 aromatic rings. The van der Waals surface area contributed by atoms with E-state index in [1.807, 2.05) is 18.2 Å². The van der Waals surface area contributed by atoms with E-state index in [1.54, 1.807) is 0 Å². The van der Waals surface area contributed by atoms with E-state index >= 15 is 0 Å². The Bertz CT molecular complexity index is 397. The number of rotatable bonds is 4. The van der Waals surface area contributed by atoms with Gasteiger partial charge in [-0.1, -0.05) is 18.2 Å². The standard InChI is InChI=1S/C14H19NO3/c16-13(17)6-7-14(18)8-10-15(11-9-14)12-4-2-1-3-5-12/h1-5,18H,6-11H2,(H,16,17). The van der Waals surface area contributed by atoms with Crippen LogP contribution in [0.2, 0.25) is 0 Å². The average Bonchev–Trinajstić information content (AvgIpc) is 2.39. The number of aliphatic hydroxyl groups is 1. The van der Waals surface area contributed by atoms with E-state index < -0.39 is 11.6 Å². The Morgan fingerprint density at radius 2 is 1.83 bits per heavy atom. The van der Waals surface area contributed by atoms with Crippen LogP contribution in [-0.4, -0.2) is 34.9 Å². The van der Waals surface area contributed by atoms with Gasteiger partial charge in [-0.05, 0) is 31.4 Å². The molecule has 1 fully saturated rings. The summed E-state index contributed by atoms with van der Waals surface area (Å²) in [6.45, 7) is 1.56. The molecule has 2 rings (SSSR count). The van der Waals surface area contributed by atoms with E-state index in [1.165, 1.54) is 0 Å². The Hall–Kier alpha value is -1.55. The zero-order chi connectivity index (χ0) is 13.0. The lowest BCUT2D eigenvalue weighted by Gasteiger charge is -2.39. The van der Waals surface area contributed by atoms with E-state index in [9.17, 15) is 9.90 Å². The van der Waals surface area contributed by atoms with Gasteiger partial charge in [-0.25, -0.2) is 0 Å². The van der Waals surface area contributed by atoms with Crippen molar-refractivity contribution in [2.24, 2.45) is 0 Å². The minimum Gasteiger partial charge on any atom is -0.481 e. The fraction of sp³-hybridized carbons (Fsp3) is 0.500. The Morgan fingerprint density at radius 1 is 1.22 bits per heavy atom. The van der Waals surface area contributed by atoms with Crippen LogP contribution in [0.4, 0.5) is 5.69 Å². The van der Waals surface area contributed by atoms with Crippen molar-refractivity contribution >= 4 is 11.7 Å². The number of piperidine rings is 1. The van der Waals surface area contributed by atoms with Crippen LogP contribution >= 0.6 is 0 Å². The van der Waals surface area contributed by atoms with Gasteiger partial charge in [0.05, 0.1) is 5.60 Å². The summed E-state index contributed by atoms with van der Waals surface area (Å²) in [7, 11) is 0. The Kier molecular flexibility index (Phi) is 3.87. The molecule has 0 saturated carbocycles. The molecule has 0 bridgehead atoms. The normalized spacial score (nSPS) is 18.6. The molecular formula is C14H19NO3. The van der Waals surface area contributed by atoms with Gasteiger partial charge in [-0.2, -0.15) is 0 Å². The van der Waals surface area contributed by atoms with Crippen LogP contribution in [0.1, 0.15) is 25.7 Å². The number of carboxylic acid groups (broad SMARTS) is 1. The van der Waals surface area contributed by atoms with Crippen LogP contribution in [0.25, 0.3) is 0 Å². The summed E-state index contributed by atoms with van der Waals surface area (Å²) in [4.78, 5) is 12.8. The number of aliphatic carboxylic acids is 1. The van der Waals surface area contributed by atoms with Crippen molar-refractivity contribution in [3.8, 4) is 0 Å². The maximum Gasteiger partial charge on any atom is 0.303 e. The second kappa shape index (κ2) is 5.40. The molecule has 1 saturated heterocycles. The minimum atomic E-state index is -0.839. The first-order valence-electron chi connectivity index (χ1n) is 6.33. The molecule has 0 aromatic heterocycles. The molecule has 18 heavy (non-hydrogen) atoms. The quantitative estimate of drug-likeness (QED) is 0.855. The number of benzene rings is 1. The third-order valence-corrected chi connectivity index (χ3v) is 3.62. The van der Waals surface area contributed by atoms with Gasteiger partial charge < -0.3 is 15.1 Å². The van der Waals surface area contributed by atoms with Crippen LogP contribution in [0.3, 0.4) is 0 Å². The average molecular weight is 249 g/mol. The van der Waals surface area contributed by atoms with Crippen molar-refractivity contribution in [1.82, 2.24) is 0 Å². The second-order valence-electron chi connectivity index (χ2n) is 4.94. The van der Waals surface area contributed by atoms with E-state index in [4.69, 9.17) is 5.11 Å². The molecule has 0 atom stereocenters. The summed E-state index contributed by atoms with van der Waals surface area (Å²) in [5.74, 6) is -0.839. The summed E-state index contributed by atoms with van der Waals surface area (Å²) < 4.78 is 0. The first-order valence-corrected chi connectivity index (χ1v) is 6.33. The lowest BCUT2D eigenvalue weighted by molar-refractivity contribution is -0.138.